The van der Waals surface area contributed by atoms with Gasteiger partial charge in [0.15, 0.2) is 17.0 Å². The van der Waals surface area contributed by atoms with Crippen LogP contribution < -0.4 is 10.3 Å². The number of nitrogens with one attached hydrogen (secondary N) is 1. The number of H-pyrrole nitrogens is 1. The molecule has 0 aliphatic carbocycles. The number of nitro benzene ring substituents is 1. The molecule has 28 heavy (non-hydrogen) atoms. The topological polar surface area (TPSA) is 127 Å². The molecule has 2 heterocycles. The third-order valence-electron chi connectivity index (χ3n) is 4.26. The van der Waals surface area contributed by atoms with Crippen molar-refractivity contribution in [2.24, 2.45) is 10.2 Å². The van der Waals surface area contributed by atoms with Gasteiger partial charge in [-0.25, -0.2) is 4.98 Å². The maximum absolute atomic E-state index is 12.7. The summed E-state index contributed by atoms with van der Waals surface area (Å²) in [5.74, 6) is 0.341. The molecule has 2 aromatic carbocycles. The molecular formula is C18H14N6O4. The normalized spacial score (nSPS) is 11.5. The number of rotatable bonds is 4. The third-order valence-corrected chi connectivity index (χ3v) is 4.26. The molecule has 0 spiro atoms. The average Bonchev–Trinajstić information content (AvgIpc) is 3.02. The van der Waals surface area contributed by atoms with Crippen molar-refractivity contribution in [3.63, 3.8) is 0 Å². The van der Waals surface area contributed by atoms with Crippen molar-refractivity contribution in [1.82, 2.24) is 14.6 Å². The van der Waals surface area contributed by atoms with Crippen LogP contribution in [0, 0.1) is 17.0 Å². The number of hydrogen-bond donors (Lipinski definition) is 1. The molecule has 0 amide bonds. The van der Waals surface area contributed by atoms with E-state index in [0.717, 1.165) is 0 Å². The van der Waals surface area contributed by atoms with Crippen LogP contribution >= 0.6 is 0 Å². The predicted molar refractivity (Wildman–Crippen MR) is 102 cm³/mol. The Hall–Kier alpha value is -4.08. The number of ether oxygens (including phenoxy) is 1. The molecule has 4 aromatic rings. The molecule has 0 radical (unpaired) electrons. The number of aromatic amines is 1. The molecule has 2 aromatic heterocycles. The van der Waals surface area contributed by atoms with Crippen LogP contribution in [0.1, 0.15) is 5.69 Å². The lowest BCUT2D eigenvalue weighted by Crippen LogP contribution is -2.15. The first kappa shape index (κ1) is 17.3. The molecule has 0 aliphatic rings. The van der Waals surface area contributed by atoms with E-state index in [1.165, 1.54) is 23.8 Å². The van der Waals surface area contributed by atoms with Crippen LogP contribution in [0.2, 0.25) is 0 Å². The third kappa shape index (κ3) is 2.76. The van der Waals surface area contributed by atoms with E-state index in [9.17, 15) is 14.9 Å². The Bertz CT molecular complexity index is 1320. The fraction of sp³-hybridized carbons (Fsp3) is 0.111. The van der Waals surface area contributed by atoms with Gasteiger partial charge in [0.25, 0.3) is 11.2 Å². The summed E-state index contributed by atoms with van der Waals surface area (Å²) >= 11 is 0. The van der Waals surface area contributed by atoms with Crippen LogP contribution in [-0.2, 0) is 0 Å². The molecule has 0 saturated carbocycles. The van der Waals surface area contributed by atoms with Crippen molar-refractivity contribution in [2.75, 3.05) is 7.11 Å². The van der Waals surface area contributed by atoms with E-state index in [-0.39, 0.29) is 16.9 Å². The maximum Gasteiger partial charge on any atom is 0.300 e. The summed E-state index contributed by atoms with van der Waals surface area (Å²) in [7, 11) is 1.42. The van der Waals surface area contributed by atoms with E-state index in [1.807, 2.05) is 0 Å². The van der Waals surface area contributed by atoms with Gasteiger partial charge in [-0.1, -0.05) is 12.1 Å². The second-order valence-corrected chi connectivity index (χ2v) is 5.99. The van der Waals surface area contributed by atoms with Crippen LogP contribution in [-0.4, -0.2) is 26.6 Å². The molecule has 140 valence electrons. The zero-order valence-electron chi connectivity index (χ0n) is 14.9. The summed E-state index contributed by atoms with van der Waals surface area (Å²) < 4.78 is 6.30. The van der Waals surface area contributed by atoms with E-state index in [1.54, 1.807) is 37.3 Å². The first-order chi connectivity index (χ1) is 13.5. The summed E-state index contributed by atoms with van der Waals surface area (Å²) in [5, 5.41) is 22.8. The van der Waals surface area contributed by atoms with Crippen LogP contribution in [0.4, 0.5) is 17.1 Å². The van der Waals surface area contributed by atoms with E-state index < -0.39 is 4.92 Å². The van der Waals surface area contributed by atoms with Crippen LogP contribution in [0.5, 0.6) is 5.75 Å². The Labute approximate surface area is 157 Å². The van der Waals surface area contributed by atoms with E-state index >= 15 is 0 Å². The highest BCUT2D eigenvalue weighted by Crippen LogP contribution is 2.33. The van der Waals surface area contributed by atoms with Gasteiger partial charge in [0, 0.05) is 0 Å². The number of fused-ring (bicyclic) bond motifs is 2. The lowest BCUT2D eigenvalue weighted by Gasteiger charge is -2.01. The van der Waals surface area contributed by atoms with E-state index in [0.29, 0.717) is 33.7 Å². The van der Waals surface area contributed by atoms with Gasteiger partial charge in [0.05, 0.1) is 34.7 Å². The van der Waals surface area contributed by atoms with Crippen LogP contribution in [0.15, 0.2) is 57.5 Å². The average molecular weight is 378 g/mol. The minimum atomic E-state index is -0.560. The molecule has 10 heteroatoms. The van der Waals surface area contributed by atoms with Gasteiger partial charge >= 0.3 is 0 Å². The zero-order valence-corrected chi connectivity index (χ0v) is 14.9. The number of hydrogen-bond acceptors (Lipinski definition) is 7. The minimum absolute atomic E-state index is 0.0627. The van der Waals surface area contributed by atoms with Gasteiger partial charge in [-0.3, -0.25) is 20.0 Å². The second kappa shape index (κ2) is 6.58. The van der Waals surface area contributed by atoms with Crippen molar-refractivity contribution in [3.8, 4) is 5.75 Å². The Kier molecular flexibility index (Phi) is 4.07. The molecule has 0 atom stereocenters. The zero-order chi connectivity index (χ0) is 19.8. The SMILES string of the molecule is COc1ccc(N=Nc2c(C)[nH]n3c(=O)c4ccccc4nc23)c([N+](=O)[O-])c1. The Balaban J connectivity index is 1.88. The first-order valence-corrected chi connectivity index (χ1v) is 8.24. The number of nitro groups is 1. The molecule has 4 rings (SSSR count). The Morgan fingerprint density at radius 1 is 1.21 bits per heavy atom. The van der Waals surface area contributed by atoms with Crippen molar-refractivity contribution in [1.29, 1.82) is 0 Å². The van der Waals surface area contributed by atoms with Crippen molar-refractivity contribution in [2.45, 2.75) is 6.92 Å². The maximum atomic E-state index is 12.7. The lowest BCUT2D eigenvalue weighted by atomic mass is 10.2. The van der Waals surface area contributed by atoms with E-state index in [4.69, 9.17) is 4.74 Å². The van der Waals surface area contributed by atoms with Crippen molar-refractivity contribution < 1.29 is 9.66 Å². The van der Waals surface area contributed by atoms with Gasteiger partial charge in [-0.15, -0.1) is 10.2 Å². The lowest BCUT2D eigenvalue weighted by molar-refractivity contribution is -0.384. The highest BCUT2D eigenvalue weighted by Gasteiger charge is 2.17. The van der Waals surface area contributed by atoms with Crippen LogP contribution in [0.3, 0.4) is 0 Å². The van der Waals surface area contributed by atoms with Gasteiger partial charge in [-0.2, -0.15) is 4.52 Å². The number of aromatic nitrogens is 3. The summed E-state index contributed by atoms with van der Waals surface area (Å²) in [6.07, 6.45) is 0. The number of azo groups is 1. The summed E-state index contributed by atoms with van der Waals surface area (Å²) in [5.41, 5.74) is 1.26. The Morgan fingerprint density at radius 3 is 2.75 bits per heavy atom. The second-order valence-electron chi connectivity index (χ2n) is 5.99. The minimum Gasteiger partial charge on any atom is -0.496 e. The van der Waals surface area contributed by atoms with Gasteiger partial charge in [-0.05, 0) is 31.2 Å². The standard InChI is InChI=1S/C18H14N6O4/c1-10-16(21-20-14-8-7-11(28-2)9-15(14)24(26)27)17-19-13-6-4-3-5-12(13)18(25)23(17)22-10/h3-9,22H,1-2H3. The fourth-order valence-corrected chi connectivity index (χ4v) is 2.87. The molecular weight excluding hydrogens is 364 g/mol. The molecule has 0 fully saturated rings. The number of para-hydroxylation sites is 1. The fourth-order valence-electron chi connectivity index (χ4n) is 2.87. The molecule has 0 bridgehead atoms. The quantitative estimate of drug-likeness (QED) is 0.328. The molecule has 0 saturated heterocycles. The van der Waals surface area contributed by atoms with Crippen molar-refractivity contribution >= 4 is 33.6 Å². The molecule has 1 N–H and O–H groups in total. The molecule has 10 nitrogen and oxygen atoms in total. The van der Waals surface area contributed by atoms with Gasteiger partial charge < -0.3 is 4.74 Å². The van der Waals surface area contributed by atoms with Crippen LogP contribution in [0.25, 0.3) is 16.6 Å². The first-order valence-electron chi connectivity index (χ1n) is 8.24. The number of aryl methyl sites for hydroxylation is 1. The largest absolute Gasteiger partial charge is 0.496 e. The number of methoxy groups -OCH3 is 1. The highest BCUT2D eigenvalue weighted by molar-refractivity contribution is 5.82. The number of benzene rings is 2. The Morgan fingerprint density at radius 2 is 2.00 bits per heavy atom. The monoisotopic (exact) mass is 378 g/mol. The summed E-state index contributed by atoms with van der Waals surface area (Å²) in [6.45, 7) is 1.72. The predicted octanol–water partition coefficient (Wildman–Crippen LogP) is 3.82. The number of nitrogens with zero attached hydrogens (tertiary/aromatic N) is 5. The highest BCUT2D eigenvalue weighted by atomic mass is 16.6. The molecule has 0 unspecified atom stereocenters. The molecule has 0 aliphatic heterocycles. The summed E-state index contributed by atoms with van der Waals surface area (Å²) in [6, 6.07) is 11.2. The van der Waals surface area contributed by atoms with Gasteiger partial charge in [0.1, 0.15) is 5.75 Å². The summed E-state index contributed by atoms with van der Waals surface area (Å²) in [4.78, 5) is 27.9. The van der Waals surface area contributed by atoms with Gasteiger partial charge in [0.2, 0.25) is 0 Å². The van der Waals surface area contributed by atoms with E-state index in [2.05, 4.69) is 20.3 Å². The smallest absolute Gasteiger partial charge is 0.300 e. The van der Waals surface area contributed by atoms with Crippen molar-refractivity contribution in [3.05, 3.63) is 68.6 Å².